The number of aromatic nitrogens is 1. The maximum Gasteiger partial charge on any atom is 0.254 e. The fourth-order valence-electron chi connectivity index (χ4n) is 3.39. The van der Waals surface area contributed by atoms with E-state index >= 15 is 0 Å². The lowest BCUT2D eigenvalue weighted by molar-refractivity contribution is -0.121. The minimum absolute atomic E-state index is 0.0184. The first-order valence-corrected chi connectivity index (χ1v) is 10.8. The molecule has 160 valence electrons. The number of nitrogens with zero attached hydrogens (tertiary/aromatic N) is 2. The molecule has 1 aliphatic heterocycles. The monoisotopic (exact) mass is 475 g/mol. The summed E-state index contributed by atoms with van der Waals surface area (Å²) >= 11 is 3.49. The molecule has 1 saturated heterocycles. The third-order valence-electron chi connectivity index (χ3n) is 5.03. The van der Waals surface area contributed by atoms with Gasteiger partial charge in [0.1, 0.15) is 0 Å². The number of methoxy groups -OCH3 is 1. The average molecular weight is 476 g/mol. The van der Waals surface area contributed by atoms with Crippen molar-refractivity contribution in [1.82, 2.24) is 9.88 Å². The molecular formula is C22H26BrN3O4. The van der Waals surface area contributed by atoms with E-state index < -0.39 is 0 Å². The van der Waals surface area contributed by atoms with Gasteiger partial charge in [-0.05, 0) is 59.5 Å². The van der Waals surface area contributed by atoms with Crippen molar-refractivity contribution in [2.24, 2.45) is 5.92 Å². The molecule has 0 radical (unpaired) electrons. The van der Waals surface area contributed by atoms with E-state index in [1.54, 1.807) is 48.7 Å². The quantitative estimate of drug-likeness (QED) is 0.650. The summed E-state index contributed by atoms with van der Waals surface area (Å²) < 4.78 is 11.8. The summed E-state index contributed by atoms with van der Waals surface area (Å²) in [7, 11) is 1.56. The summed E-state index contributed by atoms with van der Waals surface area (Å²) in [6, 6.07) is 6.99. The van der Waals surface area contributed by atoms with Gasteiger partial charge in [-0.15, -0.1) is 0 Å². The molecule has 1 aromatic heterocycles. The second kappa shape index (κ2) is 10.4. The predicted octanol–water partition coefficient (Wildman–Crippen LogP) is 4.13. The predicted molar refractivity (Wildman–Crippen MR) is 118 cm³/mol. The highest BCUT2D eigenvalue weighted by molar-refractivity contribution is 9.10. The van der Waals surface area contributed by atoms with E-state index in [0.29, 0.717) is 54.1 Å². The van der Waals surface area contributed by atoms with Crippen molar-refractivity contribution < 1.29 is 19.1 Å². The number of hydrogen-bond acceptors (Lipinski definition) is 5. The van der Waals surface area contributed by atoms with Crippen LogP contribution in [0.4, 0.5) is 5.69 Å². The van der Waals surface area contributed by atoms with Crippen LogP contribution in [-0.2, 0) is 4.79 Å². The first kappa shape index (κ1) is 22.1. The van der Waals surface area contributed by atoms with E-state index in [2.05, 4.69) is 26.2 Å². The van der Waals surface area contributed by atoms with Crippen molar-refractivity contribution in [3.63, 3.8) is 0 Å². The van der Waals surface area contributed by atoms with Crippen molar-refractivity contribution >= 4 is 33.4 Å². The van der Waals surface area contributed by atoms with Crippen LogP contribution in [0.25, 0.3) is 0 Å². The fourth-order valence-corrected chi connectivity index (χ4v) is 3.95. The third-order valence-corrected chi connectivity index (χ3v) is 5.62. The summed E-state index contributed by atoms with van der Waals surface area (Å²) in [6.45, 7) is 3.65. The SMILES string of the molecule is CCCOc1c(Br)cc(C(=O)N2CCC(C(=O)Nc3ccncc3)CC2)cc1OC. The fraction of sp³-hybridized carbons (Fsp3) is 0.409. The zero-order valence-corrected chi connectivity index (χ0v) is 18.8. The first-order valence-electron chi connectivity index (χ1n) is 10.0. The molecule has 0 atom stereocenters. The molecule has 2 aromatic rings. The largest absolute Gasteiger partial charge is 0.493 e. The van der Waals surface area contributed by atoms with Gasteiger partial charge >= 0.3 is 0 Å². The number of ether oxygens (including phenoxy) is 2. The molecule has 0 aliphatic carbocycles. The average Bonchev–Trinajstić information content (AvgIpc) is 2.78. The number of rotatable bonds is 7. The molecule has 1 aromatic carbocycles. The maximum absolute atomic E-state index is 13.0. The summed E-state index contributed by atoms with van der Waals surface area (Å²) in [5.41, 5.74) is 1.26. The topological polar surface area (TPSA) is 80.8 Å². The molecule has 0 unspecified atom stereocenters. The molecule has 1 N–H and O–H groups in total. The minimum Gasteiger partial charge on any atom is -0.493 e. The molecule has 7 nitrogen and oxygen atoms in total. The molecular weight excluding hydrogens is 450 g/mol. The number of benzene rings is 1. The molecule has 1 aliphatic rings. The van der Waals surface area contributed by atoms with E-state index in [4.69, 9.17) is 9.47 Å². The Hall–Kier alpha value is -2.61. The summed E-state index contributed by atoms with van der Waals surface area (Å²) in [4.78, 5) is 31.2. The molecule has 0 saturated carbocycles. The van der Waals surface area contributed by atoms with Gasteiger partial charge in [0.05, 0.1) is 18.2 Å². The highest BCUT2D eigenvalue weighted by Crippen LogP contribution is 2.37. The Morgan fingerprint density at radius 2 is 1.93 bits per heavy atom. The van der Waals surface area contributed by atoms with E-state index in [1.807, 2.05) is 6.92 Å². The smallest absolute Gasteiger partial charge is 0.254 e. The van der Waals surface area contributed by atoms with E-state index in [0.717, 1.165) is 12.1 Å². The lowest BCUT2D eigenvalue weighted by Gasteiger charge is -2.31. The van der Waals surface area contributed by atoms with Crippen LogP contribution in [0.2, 0.25) is 0 Å². The number of nitrogens with one attached hydrogen (secondary N) is 1. The number of carbonyl (C=O) groups excluding carboxylic acids is 2. The summed E-state index contributed by atoms with van der Waals surface area (Å²) in [5, 5.41) is 2.91. The molecule has 0 bridgehead atoms. The summed E-state index contributed by atoms with van der Waals surface area (Å²) in [5.74, 6) is 0.905. The Kier molecular flexibility index (Phi) is 7.68. The molecule has 0 spiro atoms. The molecule has 2 heterocycles. The highest BCUT2D eigenvalue weighted by atomic mass is 79.9. The lowest BCUT2D eigenvalue weighted by Crippen LogP contribution is -2.41. The van der Waals surface area contributed by atoms with Gasteiger partial charge in [-0.2, -0.15) is 0 Å². The van der Waals surface area contributed by atoms with Crippen molar-refractivity contribution in [2.75, 3.05) is 32.1 Å². The van der Waals surface area contributed by atoms with Crippen LogP contribution >= 0.6 is 15.9 Å². The molecule has 3 rings (SSSR count). The number of halogens is 1. The Labute approximate surface area is 184 Å². The molecule has 30 heavy (non-hydrogen) atoms. The van der Waals surface area contributed by atoms with Gasteiger partial charge in [0.15, 0.2) is 11.5 Å². The van der Waals surface area contributed by atoms with Gasteiger partial charge in [-0.3, -0.25) is 14.6 Å². The Morgan fingerprint density at radius 1 is 1.23 bits per heavy atom. The van der Waals surface area contributed by atoms with Crippen molar-refractivity contribution in [1.29, 1.82) is 0 Å². The number of piperidine rings is 1. The van der Waals surface area contributed by atoms with E-state index in [9.17, 15) is 9.59 Å². The zero-order valence-electron chi connectivity index (χ0n) is 17.2. The van der Waals surface area contributed by atoms with Crippen LogP contribution in [0.1, 0.15) is 36.5 Å². The highest BCUT2D eigenvalue weighted by Gasteiger charge is 2.28. The first-order chi connectivity index (χ1) is 14.5. The van der Waals surface area contributed by atoms with Crippen LogP contribution in [0.5, 0.6) is 11.5 Å². The van der Waals surface area contributed by atoms with E-state index in [1.165, 1.54) is 0 Å². The standard InChI is InChI=1S/C22H26BrN3O4/c1-3-12-30-20-18(23)13-16(14-19(20)29-2)22(28)26-10-6-15(7-11-26)21(27)25-17-4-8-24-9-5-17/h4-5,8-9,13-15H,3,6-7,10-12H2,1-2H3,(H,24,25,27). The van der Waals surface area contributed by atoms with Crippen LogP contribution in [0, 0.1) is 5.92 Å². The second-order valence-corrected chi connectivity index (χ2v) is 7.98. The van der Waals surface area contributed by atoms with Crippen LogP contribution in [0.3, 0.4) is 0 Å². The maximum atomic E-state index is 13.0. The Morgan fingerprint density at radius 3 is 2.57 bits per heavy atom. The lowest BCUT2D eigenvalue weighted by atomic mass is 9.95. The van der Waals surface area contributed by atoms with Gasteiger partial charge < -0.3 is 19.7 Å². The van der Waals surface area contributed by atoms with Crippen molar-refractivity contribution in [3.05, 3.63) is 46.7 Å². The number of hydrogen-bond donors (Lipinski definition) is 1. The molecule has 8 heteroatoms. The van der Waals surface area contributed by atoms with Crippen molar-refractivity contribution in [3.8, 4) is 11.5 Å². The van der Waals surface area contributed by atoms with Crippen LogP contribution < -0.4 is 14.8 Å². The number of likely N-dealkylation sites (tertiary alicyclic amines) is 1. The van der Waals surface area contributed by atoms with Gasteiger partial charge in [-0.1, -0.05) is 6.92 Å². The number of carbonyl (C=O) groups is 2. The number of amides is 2. The minimum atomic E-state index is -0.117. The van der Waals surface area contributed by atoms with Crippen molar-refractivity contribution in [2.45, 2.75) is 26.2 Å². The van der Waals surface area contributed by atoms with E-state index in [-0.39, 0.29) is 17.7 Å². The summed E-state index contributed by atoms with van der Waals surface area (Å²) in [6.07, 6.45) is 5.40. The third kappa shape index (κ3) is 5.30. The van der Waals surface area contributed by atoms with Crippen LogP contribution in [0.15, 0.2) is 41.1 Å². The van der Waals surface area contributed by atoms with Crippen LogP contribution in [-0.4, -0.2) is 48.5 Å². The Bertz CT molecular complexity index is 883. The van der Waals surface area contributed by atoms with Gasteiger partial charge in [0, 0.05) is 42.7 Å². The number of pyridine rings is 1. The van der Waals surface area contributed by atoms with Gasteiger partial charge in [0.2, 0.25) is 5.91 Å². The van der Waals surface area contributed by atoms with Gasteiger partial charge in [-0.25, -0.2) is 0 Å². The molecule has 1 fully saturated rings. The normalized spacial score (nSPS) is 14.3. The second-order valence-electron chi connectivity index (χ2n) is 7.13. The van der Waals surface area contributed by atoms with Gasteiger partial charge in [0.25, 0.3) is 5.91 Å². The zero-order chi connectivity index (χ0) is 21.5. The Balaban J connectivity index is 1.62. The molecule has 2 amide bonds. The number of anilines is 1.